The van der Waals surface area contributed by atoms with Gasteiger partial charge in [-0.3, -0.25) is 5.01 Å². The van der Waals surface area contributed by atoms with E-state index in [2.05, 4.69) is 71.4 Å². The molecule has 0 spiro atoms. The lowest BCUT2D eigenvalue weighted by molar-refractivity contribution is 0.220. The maximum Gasteiger partial charge on any atom is 0.113 e. The maximum atomic E-state index is 4.51. The molecule has 25 heavy (non-hydrogen) atoms. The van der Waals surface area contributed by atoms with Crippen LogP contribution in [0.25, 0.3) is 0 Å². The molecule has 142 valence electrons. The van der Waals surface area contributed by atoms with Crippen molar-refractivity contribution in [2.75, 3.05) is 19.8 Å². The van der Waals surface area contributed by atoms with Crippen molar-refractivity contribution >= 4 is 6.34 Å². The number of nitrogens with zero attached hydrogens (tertiary/aromatic N) is 3. The Morgan fingerprint density at radius 2 is 1.96 bits per heavy atom. The van der Waals surface area contributed by atoms with E-state index in [1.165, 1.54) is 18.4 Å². The lowest BCUT2D eigenvalue weighted by Gasteiger charge is -2.21. The minimum atomic E-state index is 0.613. The van der Waals surface area contributed by atoms with E-state index in [0.717, 1.165) is 26.2 Å². The summed E-state index contributed by atoms with van der Waals surface area (Å²) in [6, 6.07) is 0. The number of allylic oxidation sites excluding steroid dienone is 6. The molecule has 0 amide bonds. The first-order valence-electron chi connectivity index (χ1n) is 9.97. The summed E-state index contributed by atoms with van der Waals surface area (Å²) in [5.41, 5.74) is 1.33. The summed E-state index contributed by atoms with van der Waals surface area (Å²) in [6.07, 6.45) is 21.0. The van der Waals surface area contributed by atoms with Crippen molar-refractivity contribution in [3.63, 3.8) is 0 Å². The third-order valence-electron chi connectivity index (χ3n) is 3.75. The molecular weight excluding hydrogens is 306 g/mol. The Hall–Kier alpha value is -1.77. The van der Waals surface area contributed by atoms with Crippen LogP contribution >= 0.6 is 0 Å². The molecule has 0 saturated carbocycles. The van der Waals surface area contributed by atoms with Crippen LogP contribution in [0.5, 0.6) is 0 Å². The molecule has 1 aliphatic heterocycles. The predicted octanol–water partition coefficient (Wildman–Crippen LogP) is 5.99. The Morgan fingerprint density at radius 1 is 1.20 bits per heavy atom. The smallest absolute Gasteiger partial charge is 0.113 e. The zero-order valence-corrected chi connectivity index (χ0v) is 17.3. The van der Waals surface area contributed by atoms with Gasteiger partial charge in [-0.2, -0.15) is 5.10 Å². The van der Waals surface area contributed by atoms with Gasteiger partial charge in [0.15, 0.2) is 0 Å². The summed E-state index contributed by atoms with van der Waals surface area (Å²) in [4.78, 5) is 2.24. The van der Waals surface area contributed by atoms with E-state index in [1.54, 1.807) is 0 Å². The Balaban J connectivity index is 0.00000134. The third-order valence-corrected chi connectivity index (χ3v) is 3.75. The molecule has 3 nitrogen and oxygen atoms in total. The third kappa shape index (κ3) is 10.6. The lowest BCUT2D eigenvalue weighted by Crippen LogP contribution is -2.29. The van der Waals surface area contributed by atoms with E-state index in [4.69, 9.17) is 0 Å². The van der Waals surface area contributed by atoms with Crippen LogP contribution in [0.4, 0.5) is 0 Å². The number of rotatable bonds is 6. The Kier molecular flexibility index (Phi) is 14.6. The van der Waals surface area contributed by atoms with Crippen molar-refractivity contribution in [3.05, 3.63) is 48.1 Å². The van der Waals surface area contributed by atoms with Crippen molar-refractivity contribution in [2.45, 2.75) is 60.8 Å². The van der Waals surface area contributed by atoms with E-state index in [0.29, 0.717) is 5.92 Å². The van der Waals surface area contributed by atoms with Crippen LogP contribution in [0.3, 0.4) is 0 Å². The average Bonchev–Trinajstić information content (AvgIpc) is 2.92. The minimum absolute atomic E-state index is 0.613. The number of hydrazone groups is 1. The highest BCUT2D eigenvalue weighted by Gasteiger charge is 2.16. The summed E-state index contributed by atoms with van der Waals surface area (Å²) >= 11 is 0. The highest BCUT2D eigenvalue weighted by molar-refractivity contribution is 5.56. The van der Waals surface area contributed by atoms with Gasteiger partial charge in [0.1, 0.15) is 13.0 Å². The van der Waals surface area contributed by atoms with Gasteiger partial charge in [0.25, 0.3) is 0 Å². The molecule has 1 unspecified atom stereocenters. The topological polar surface area (TPSA) is 18.8 Å². The van der Waals surface area contributed by atoms with Gasteiger partial charge >= 0.3 is 0 Å². The van der Waals surface area contributed by atoms with Crippen molar-refractivity contribution in [1.29, 1.82) is 0 Å². The van der Waals surface area contributed by atoms with Gasteiger partial charge in [-0.05, 0) is 32.1 Å². The van der Waals surface area contributed by atoms with Crippen molar-refractivity contribution in [3.8, 4) is 0 Å². The fraction of sp³-hybridized carbons (Fsp3) is 0.591. The highest BCUT2D eigenvalue weighted by atomic mass is 15.6. The van der Waals surface area contributed by atoms with E-state index in [-0.39, 0.29) is 0 Å². The SMILES string of the molecule is CC.CC.CC/C=C(C)\C=C/CN1C=NN(CC2C=CC=CCC2)C1. The van der Waals surface area contributed by atoms with Crippen molar-refractivity contribution in [2.24, 2.45) is 11.0 Å². The summed E-state index contributed by atoms with van der Waals surface area (Å²) < 4.78 is 0. The molecule has 3 heteroatoms. The van der Waals surface area contributed by atoms with Crippen LogP contribution in [0.1, 0.15) is 60.8 Å². The van der Waals surface area contributed by atoms with Crippen LogP contribution in [-0.4, -0.2) is 36.0 Å². The van der Waals surface area contributed by atoms with Crippen molar-refractivity contribution in [1.82, 2.24) is 9.91 Å². The van der Waals surface area contributed by atoms with Gasteiger partial charge in [0, 0.05) is 13.1 Å². The molecule has 0 bridgehead atoms. The van der Waals surface area contributed by atoms with E-state index in [1.807, 2.05) is 34.0 Å². The summed E-state index contributed by atoms with van der Waals surface area (Å²) in [7, 11) is 0. The zero-order chi connectivity index (χ0) is 18.9. The quantitative estimate of drug-likeness (QED) is 0.550. The van der Waals surface area contributed by atoms with Gasteiger partial charge in [0.2, 0.25) is 0 Å². The molecule has 2 aliphatic rings. The lowest BCUT2D eigenvalue weighted by atomic mass is 10.0. The second-order valence-electron chi connectivity index (χ2n) is 5.74. The summed E-state index contributed by atoms with van der Waals surface area (Å²) in [5.74, 6) is 0.613. The number of hydrogen-bond donors (Lipinski definition) is 0. The Labute approximate surface area is 156 Å². The zero-order valence-electron chi connectivity index (χ0n) is 17.3. The standard InChI is InChI=1S/C18H27N3.2C2H6/c1-3-9-17(2)10-8-13-20-15-19-21(16-20)14-18-11-6-4-5-7-12-18;2*1-2/h4-6,8-11,15,18H,3,7,12-14,16H2,1-2H3;2*1-2H3/b10-8-,17-9-;;. The monoisotopic (exact) mass is 345 g/mol. The van der Waals surface area contributed by atoms with Crippen LogP contribution in [0, 0.1) is 5.92 Å². The fourth-order valence-electron chi connectivity index (χ4n) is 2.63. The molecule has 0 aromatic heterocycles. The van der Waals surface area contributed by atoms with E-state index in [9.17, 15) is 0 Å². The minimum Gasteiger partial charge on any atom is -0.338 e. The van der Waals surface area contributed by atoms with Gasteiger partial charge < -0.3 is 4.90 Å². The average molecular weight is 346 g/mol. The second kappa shape index (κ2) is 15.7. The second-order valence-corrected chi connectivity index (χ2v) is 5.74. The molecular formula is C22H39N3. The van der Waals surface area contributed by atoms with Gasteiger partial charge in [-0.25, -0.2) is 0 Å². The van der Waals surface area contributed by atoms with Crippen molar-refractivity contribution < 1.29 is 0 Å². The predicted molar refractivity (Wildman–Crippen MR) is 114 cm³/mol. The summed E-state index contributed by atoms with van der Waals surface area (Å²) in [6.45, 7) is 15.2. The van der Waals surface area contributed by atoms with E-state index >= 15 is 0 Å². The van der Waals surface area contributed by atoms with Gasteiger partial charge in [0.05, 0.1) is 0 Å². The molecule has 0 saturated heterocycles. The molecule has 1 heterocycles. The maximum absolute atomic E-state index is 4.51. The molecule has 0 aromatic rings. The van der Waals surface area contributed by atoms with Crippen LogP contribution in [-0.2, 0) is 0 Å². The molecule has 1 aliphatic carbocycles. The molecule has 0 radical (unpaired) electrons. The first-order chi connectivity index (χ1) is 12.3. The van der Waals surface area contributed by atoms with E-state index < -0.39 is 0 Å². The largest absolute Gasteiger partial charge is 0.338 e. The number of hydrogen-bond acceptors (Lipinski definition) is 3. The Bertz CT molecular complexity index is 458. The molecule has 1 atom stereocenters. The first kappa shape index (κ1) is 23.2. The molecule has 0 fully saturated rings. The highest BCUT2D eigenvalue weighted by Crippen LogP contribution is 2.16. The Morgan fingerprint density at radius 3 is 2.68 bits per heavy atom. The van der Waals surface area contributed by atoms with Crippen LogP contribution in [0.2, 0.25) is 0 Å². The summed E-state index contributed by atoms with van der Waals surface area (Å²) in [5, 5.41) is 6.68. The first-order valence-corrected chi connectivity index (χ1v) is 9.97. The van der Waals surface area contributed by atoms with Gasteiger partial charge in [-0.1, -0.05) is 82.7 Å². The molecule has 0 N–H and O–H groups in total. The normalized spacial score (nSPS) is 19.4. The van der Waals surface area contributed by atoms with Crippen LogP contribution in [0.15, 0.2) is 53.2 Å². The van der Waals surface area contributed by atoms with Crippen LogP contribution < -0.4 is 0 Å². The fourth-order valence-corrected chi connectivity index (χ4v) is 2.63. The molecule has 0 aromatic carbocycles. The molecule has 2 rings (SSSR count). The van der Waals surface area contributed by atoms with Gasteiger partial charge in [-0.15, -0.1) is 0 Å².